The lowest BCUT2D eigenvalue weighted by molar-refractivity contribution is -0.134. The fourth-order valence-electron chi connectivity index (χ4n) is 2.64. The molecule has 1 aromatic rings. The smallest absolute Gasteiger partial charge is 0.225 e. The summed E-state index contributed by atoms with van der Waals surface area (Å²) in [4.78, 5) is 16.0. The number of nitrogens with zero attached hydrogens (tertiary/aromatic N) is 3. The minimum absolute atomic E-state index is 0.0769. The van der Waals surface area contributed by atoms with Crippen LogP contribution in [0.3, 0.4) is 0 Å². The maximum atomic E-state index is 12.1. The molecule has 1 heterocycles. The van der Waals surface area contributed by atoms with E-state index in [1.54, 1.807) is 4.90 Å². The van der Waals surface area contributed by atoms with Crippen LogP contribution in [0.25, 0.3) is 0 Å². The van der Waals surface area contributed by atoms with Gasteiger partial charge in [0.05, 0.1) is 19.1 Å². The summed E-state index contributed by atoms with van der Waals surface area (Å²) in [6.07, 6.45) is 0.394. The Bertz CT molecular complexity index is 512. The summed E-state index contributed by atoms with van der Waals surface area (Å²) >= 11 is 0. The fraction of sp³-hybridized carbons (Fsp3) is 0.529. The molecule has 0 bridgehead atoms. The van der Waals surface area contributed by atoms with E-state index >= 15 is 0 Å². The van der Waals surface area contributed by atoms with Gasteiger partial charge in [0.25, 0.3) is 0 Å². The lowest BCUT2D eigenvalue weighted by atomic mass is 10.1. The van der Waals surface area contributed by atoms with Crippen molar-refractivity contribution in [1.82, 2.24) is 9.80 Å². The molecule has 22 heavy (non-hydrogen) atoms. The molecule has 1 aliphatic rings. The van der Waals surface area contributed by atoms with Crippen LogP contribution in [-0.4, -0.2) is 54.6 Å². The highest BCUT2D eigenvalue weighted by Gasteiger charge is 2.29. The Balaban J connectivity index is 1.88. The van der Waals surface area contributed by atoms with E-state index in [2.05, 4.69) is 23.1 Å². The molecule has 0 radical (unpaired) electrons. The minimum Gasteiger partial charge on any atom is -0.381 e. The number of piperazine rings is 1. The van der Waals surface area contributed by atoms with Crippen LogP contribution in [0, 0.1) is 11.3 Å². The van der Waals surface area contributed by atoms with Gasteiger partial charge in [0.15, 0.2) is 0 Å². The van der Waals surface area contributed by atoms with Crippen LogP contribution in [0.1, 0.15) is 18.9 Å². The number of nitriles is 1. The lowest BCUT2D eigenvalue weighted by Crippen LogP contribution is -2.53. The molecule has 0 aliphatic carbocycles. The molecule has 1 saturated heterocycles. The number of carbonyl (C=O) groups is 1. The van der Waals surface area contributed by atoms with Gasteiger partial charge in [-0.05, 0) is 12.5 Å². The van der Waals surface area contributed by atoms with Crippen molar-refractivity contribution in [2.45, 2.75) is 25.9 Å². The van der Waals surface area contributed by atoms with Crippen molar-refractivity contribution in [1.29, 1.82) is 5.26 Å². The first-order valence-electron chi connectivity index (χ1n) is 7.77. The van der Waals surface area contributed by atoms with E-state index in [-0.39, 0.29) is 11.9 Å². The molecule has 1 aromatic carbocycles. The molecule has 118 valence electrons. The molecule has 1 fully saturated rings. The van der Waals surface area contributed by atoms with Crippen LogP contribution in [0.2, 0.25) is 0 Å². The Morgan fingerprint density at radius 3 is 2.82 bits per heavy atom. The fourth-order valence-corrected chi connectivity index (χ4v) is 2.64. The Morgan fingerprint density at radius 2 is 2.14 bits per heavy atom. The average molecular weight is 301 g/mol. The lowest BCUT2D eigenvalue weighted by Gasteiger charge is -2.38. The minimum atomic E-state index is -0.245. The van der Waals surface area contributed by atoms with Crippen molar-refractivity contribution in [3.63, 3.8) is 0 Å². The van der Waals surface area contributed by atoms with Crippen LogP contribution in [0.4, 0.5) is 0 Å². The zero-order chi connectivity index (χ0) is 15.8. The van der Waals surface area contributed by atoms with Gasteiger partial charge in [0.1, 0.15) is 6.04 Å². The number of rotatable bonds is 6. The second-order valence-electron chi connectivity index (χ2n) is 5.39. The molecule has 5 heteroatoms. The van der Waals surface area contributed by atoms with Crippen LogP contribution in [-0.2, 0) is 16.1 Å². The molecule has 1 amide bonds. The Kier molecular flexibility index (Phi) is 6.38. The number of hydrogen-bond donors (Lipinski definition) is 0. The average Bonchev–Trinajstić information content (AvgIpc) is 2.56. The molecule has 0 spiro atoms. The number of hydrogen-bond acceptors (Lipinski definition) is 4. The van der Waals surface area contributed by atoms with Crippen molar-refractivity contribution in [3.05, 3.63) is 35.9 Å². The molecule has 2 rings (SSSR count). The van der Waals surface area contributed by atoms with Crippen LogP contribution >= 0.6 is 0 Å². The summed E-state index contributed by atoms with van der Waals surface area (Å²) in [5, 5.41) is 9.40. The SMILES string of the molecule is CCOCCC(=O)N1CCN(Cc2ccccc2)C(C#N)C1. The summed E-state index contributed by atoms with van der Waals surface area (Å²) in [5.41, 5.74) is 1.19. The third-order valence-electron chi connectivity index (χ3n) is 3.89. The molecule has 0 saturated carbocycles. The number of ether oxygens (including phenoxy) is 1. The zero-order valence-electron chi connectivity index (χ0n) is 13.1. The Labute approximate surface area is 132 Å². The highest BCUT2D eigenvalue weighted by Crippen LogP contribution is 2.14. The van der Waals surface area contributed by atoms with Crippen molar-refractivity contribution in [3.8, 4) is 6.07 Å². The first-order valence-corrected chi connectivity index (χ1v) is 7.77. The van der Waals surface area contributed by atoms with E-state index < -0.39 is 0 Å². The zero-order valence-corrected chi connectivity index (χ0v) is 13.1. The molecule has 0 N–H and O–H groups in total. The van der Waals surface area contributed by atoms with Gasteiger partial charge in [-0.15, -0.1) is 0 Å². The van der Waals surface area contributed by atoms with Gasteiger partial charge in [-0.2, -0.15) is 5.26 Å². The molecule has 1 atom stereocenters. The summed E-state index contributed by atoms with van der Waals surface area (Å²) in [6, 6.07) is 12.2. The topological polar surface area (TPSA) is 56.6 Å². The molecular weight excluding hydrogens is 278 g/mol. The quantitative estimate of drug-likeness (QED) is 0.750. The maximum absolute atomic E-state index is 12.1. The van der Waals surface area contributed by atoms with E-state index in [4.69, 9.17) is 4.74 Å². The summed E-state index contributed by atoms with van der Waals surface area (Å²) in [5.74, 6) is 0.0769. The van der Waals surface area contributed by atoms with Gasteiger partial charge in [0, 0.05) is 32.8 Å². The second kappa shape index (κ2) is 8.52. The first-order chi connectivity index (χ1) is 10.7. The van der Waals surface area contributed by atoms with Crippen molar-refractivity contribution in [2.75, 3.05) is 32.8 Å². The van der Waals surface area contributed by atoms with E-state index in [1.165, 1.54) is 5.56 Å². The predicted molar refractivity (Wildman–Crippen MR) is 83.9 cm³/mol. The monoisotopic (exact) mass is 301 g/mol. The maximum Gasteiger partial charge on any atom is 0.225 e. The third-order valence-corrected chi connectivity index (χ3v) is 3.89. The second-order valence-corrected chi connectivity index (χ2v) is 5.39. The van der Waals surface area contributed by atoms with E-state index in [0.29, 0.717) is 32.7 Å². The van der Waals surface area contributed by atoms with Crippen molar-refractivity contribution >= 4 is 5.91 Å². The van der Waals surface area contributed by atoms with Crippen LogP contribution < -0.4 is 0 Å². The van der Waals surface area contributed by atoms with Crippen molar-refractivity contribution in [2.24, 2.45) is 0 Å². The highest BCUT2D eigenvalue weighted by atomic mass is 16.5. The van der Waals surface area contributed by atoms with Crippen molar-refractivity contribution < 1.29 is 9.53 Å². The highest BCUT2D eigenvalue weighted by molar-refractivity contribution is 5.76. The summed E-state index contributed by atoms with van der Waals surface area (Å²) in [7, 11) is 0. The van der Waals surface area contributed by atoms with Crippen LogP contribution in [0.15, 0.2) is 30.3 Å². The first kappa shape index (κ1) is 16.5. The van der Waals surface area contributed by atoms with Gasteiger partial charge >= 0.3 is 0 Å². The summed E-state index contributed by atoms with van der Waals surface area (Å²) in [6.45, 7) is 5.63. The Morgan fingerprint density at radius 1 is 1.36 bits per heavy atom. The normalized spacial score (nSPS) is 18.9. The number of benzene rings is 1. The van der Waals surface area contributed by atoms with Gasteiger partial charge in [0.2, 0.25) is 5.91 Å². The van der Waals surface area contributed by atoms with Gasteiger partial charge in [-0.25, -0.2) is 0 Å². The Hall–Kier alpha value is -1.90. The standard InChI is InChI=1S/C17H23N3O2/c1-2-22-11-8-17(21)20-10-9-19(16(12-18)14-20)13-15-6-4-3-5-7-15/h3-7,16H,2,8-11,13-14H2,1H3. The number of carbonyl (C=O) groups excluding carboxylic acids is 1. The third kappa shape index (κ3) is 4.55. The molecule has 0 aromatic heterocycles. The summed E-state index contributed by atoms with van der Waals surface area (Å²) < 4.78 is 5.23. The van der Waals surface area contributed by atoms with E-state index in [1.807, 2.05) is 25.1 Å². The van der Waals surface area contributed by atoms with E-state index in [9.17, 15) is 10.1 Å². The largest absolute Gasteiger partial charge is 0.381 e. The predicted octanol–water partition coefficient (Wildman–Crippen LogP) is 1.65. The van der Waals surface area contributed by atoms with Gasteiger partial charge in [-0.1, -0.05) is 30.3 Å². The molecule has 1 aliphatic heterocycles. The van der Waals surface area contributed by atoms with Gasteiger partial charge in [-0.3, -0.25) is 9.69 Å². The molecule has 5 nitrogen and oxygen atoms in total. The van der Waals surface area contributed by atoms with Gasteiger partial charge < -0.3 is 9.64 Å². The molecular formula is C17H23N3O2. The van der Waals surface area contributed by atoms with Crippen LogP contribution in [0.5, 0.6) is 0 Å². The number of amides is 1. The van der Waals surface area contributed by atoms with E-state index in [0.717, 1.165) is 13.1 Å². The molecule has 1 unspecified atom stereocenters.